The van der Waals surface area contributed by atoms with Crippen LogP contribution in [0.25, 0.3) is 22.1 Å². The highest BCUT2D eigenvalue weighted by Gasteiger charge is 2.23. The van der Waals surface area contributed by atoms with Crippen LogP contribution in [0.5, 0.6) is 11.5 Å². The smallest absolute Gasteiger partial charge is 0.158 e. The van der Waals surface area contributed by atoms with Crippen molar-refractivity contribution in [2.24, 2.45) is 8.80 Å². The molecule has 6 rings (SSSR count). The SMILES string of the molecule is COc1cc(C)cc(C)c1C(=NSC(C)(C)C)c1nc2ccc(C#N)cc2[nH]1.COc1cc(C)cc(C)c1C(=NSC(C)(C)C)c1nc2ccc(C#N)cc2[nH]1. The molecule has 12 heteroatoms. The lowest BCUT2D eigenvalue weighted by Gasteiger charge is -2.17. The Bertz CT molecular complexity index is 2380. The van der Waals surface area contributed by atoms with Gasteiger partial charge in [-0.2, -0.15) is 10.5 Å². The Morgan fingerprint density at radius 3 is 1.30 bits per heavy atom. The number of benzene rings is 4. The Balaban J connectivity index is 0.000000214. The number of nitriles is 2. The summed E-state index contributed by atoms with van der Waals surface area (Å²) in [6.45, 7) is 20.9. The van der Waals surface area contributed by atoms with E-state index in [2.05, 4.69) is 89.6 Å². The third-order valence-corrected chi connectivity index (χ3v) is 9.94. The predicted molar refractivity (Wildman–Crippen MR) is 233 cm³/mol. The number of aromatic nitrogens is 4. The van der Waals surface area contributed by atoms with Gasteiger partial charge < -0.3 is 19.4 Å². The van der Waals surface area contributed by atoms with Gasteiger partial charge in [0.2, 0.25) is 0 Å². The molecule has 0 spiro atoms. The molecule has 0 amide bonds. The van der Waals surface area contributed by atoms with E-state index in [4.69, 9.17) is 38.8 Å². The summed E-state index contributed by atoms with van der Waals surface area (Å²) in [5, 5.41) is 18.3. The van der Waals surface area contributed by atoms with Crippen molar-refractivity contribution in [2.45, 2.75) is 78.7 Å². The number of ether oxygens (including phenoxy) is 2. The first-order chi connectivity index (χ1) is 26.4. The average Bonchev–Trinajstić information content (AvgIpc) is 3.75. The van der Waals surface area contributed by atoms with Gasteiger partial charge >= 0.3 is 0 Å². The zero-order chi connectivity index (χ0) is 40.9. The summed E-state index contributed by atoms with van der Waals surface area (Å²) in [6.07, 6.45) is 0. The predicted octanol–water partition coefficient (Wildman–Crippen LogP) is 10.7. The fourth-order valence-electron chi connectivity index (χ4n) is 5.95. The number of fused-ring (bicyclic) bond motifs is 2. The maximum absolute atomic E-state index is 9.17. The van der Waals surface area contributed by atoms with Crippen molar-refractivity contribution in [3.63, 3.8) is 0 Å². The molecular formula is C44H48N8O2S2. The lowest BCUT2D eigenvalue weighted by Crippen LogP contribution is -2.12. The van der Waals surface area contributed by atoms with E-state index in [1.807, 2.05) is 38.1 Å². The van der Waals surface area contributed by atoms with Crippen LogP contribution in [-0.2, 0) is 0 Å². The quantitative estimate of drug-likeness (QED) is 0.114. The molecule has 6 aromatic rings. The molecule has 4 aromatic carbocycles. The zero-order valence-electron chi connectivity index (χ0n) is 34.1. The number of methoxy groups -OCH3 is 2. The second-order valence-corrected chi connectivity index (χ2v) is 18.6. The van der Waals surface area contributed by atoms with Crippen molar-refractivity contribution in [1.82, 2.24) is 19.9 Å². The highest BCUT2D eigenvalue weighted by atomic mass is 32.2. The fourth-order valence-corrected chi connectivity index (χ4v) is 7.03. The fraction of sp³-hybridized carbons (Fsp3) is 0.318. The van der Waals surface area contributed by atoms with Crippen LogP contribution in [0.2, 0.25) is 0 Å². The van der Waals surface area contributed by atoms with Gasteiger partial charge in [0.15, 0.2) is 11.6 Å². The first-order valence-corrected chi connectivity index (χ1v) is 19.6. The summed E-state index contributed by atoms with van der Waals surface area (Å²) in [5.41, 5.74) is 12.1. The molecule has 2 N–H and O–H groups in total. The van der Waals surface area contributed by atoms with Gasteiger partial charge in [0.05, 0.1) is 59.6 Å². The third-order valence-electron chi connectivity index (χ3n) is 8.29. The Kier molecular flexibility index (Phi) is 12.7. The first kappa shape index (κ1) is 41.6. The van der Waals surface area contributed by atoms with Gasteiger partial charge in [-0.1, -0.05) is 12.1 Å². The first-order valence-electron chi connectivity index (χ1n) is 18.1. The molecule has 0 bridgehead atoms. The number of aromatic amines is 2. The number of hydrogen-bond donors (Lipinski definition) is 2. The molecule has 0 aliphatic rings. The minimum absolute atomic E-state index is 0.0446. The molecule has 2 heterocycles. The van der Waals surface area contributed by atoms with Crippen LogP contribution in [0, 0.1) is 50.4 Å². The molecule has 0 atom stereocenters. The molecule has 56 heavy (non-hydrogen) atoms. The molecule has 0 aliphatic carbocycles. The van der Waals surface area contributed by atoms with Crippen LogP contribution in [0.1, 0.15) is 97.7 Å². The highest BCUT2D eigenvalue weighted by Crippen LogP contribution is 2.34. The summed E-state index contributed by atoms with van der Waals surface area (Å²) < 4.78 is 21.0. The number of aryl methyl sites for hydroxylation is 4. The summed E-state index contributed by atoms with van der Waals surface area (Å²) in [4.78, 5) is 16.2. The number of nitrogens with one attached hydrogen (secondary N) is 2. The maximum atomic E-state index is 9.17. The molecule has 0 saturated carbocycles. The van der Waals surface area contributed by atoms with Crippen LogP contribution in [0.4, 0.5) is 0 Å². The Morgan fingerprint density at radius 1 is 0.607 bits per heavy atom. The average molecular weight is 785 g/mol. The molecule has 288 valence electrons. The van der Waals surface area contributed by atoms with E-state index in [1.54, 1.807) is 38.5 Å². The van der Waals surface area contributed by atoms with Gasteiger partial charge in [0, 0.05) is 20.6 Å². The number of H-pyrrole nitrogens is 2. The van der Waals surface area contributed by atoms with Crippen molar-refractivity contribution >= 4 is 57.4 Å². The standard InChI is InChI=1S/2C22H24N4OS/c2*1-13-9-14(2)19(18(10-13)27-6)20(26-28-22(3,4)5)21-24-16-8-7-15(12-23)11-17(16)25-21/h2*7-11H,1-6H3,(H,24,25). The summed E-state index contributed by atoms with van der Waals surface area (Å²) in [7, 11) is 3.34. The number of hydrogen-bond acceptors (Lipinski definition) is 10. The normalized spacial score (nSPS) is 12.2. The van der Waals surface area contributed by atoms with Gasteiger partial charge in [-0.3, -0.25) is 0 Å². The van der Waals surface area contributed by atoms with E-state index in [0.717, 1.165) is 78.4 Å². The van der Waals surface area contributed by atoms with Crippen LogP contribution >= 0.6 is 23.9 Å². The zero-order valence-corrected chi connectivity index (χ0v) is 35.7. The van der Waals surface area contributed by atoms with Crippen molar-refractivity contribution < 1.29 is 9.47 Å². The summed E-state index contributed by atoms with van der Waals surface area (Å²) in [6, 6.07) is 23.4. The topological polar surface area (TPSA) is 148 Å². The second kappa shape index (κ2) is 17.1. The molecule has 0 radical (unpaired) electrons. The van der Waals surface area contributed by atoms with Crippen LogP contribution in [-0.4, -0.2) is 55.1 Å². The van der Waals surface area contributed by atoms with E-state index in [9.17, 15) is 0 Å². The molecule has 0 unspecified atom stereocenters. The second-order valence-electron chi connectivity index (χ2n) is 15.5. The summed E-state index contributed by atoms with van der Waals surface area (Å²) >= 11 is 3.00. The van der Waals surface area contributed by atoms with E-state index < -0.39 is 0 Å². The Morgan fingerprint density at radius 2 is 0.982 bits per heavy atom. The van der Waals surface area contributed by atoms with E-state index >= 15 is 0 Å². The van der Waals surface area contributed by atoms with Crippen LogP contribution in [0.15, 0.2) is 69.5 Å². The lowest BCUT2D eigenvalue weighted by molar-refractivity contribution is 0.413. The lowest BCUT2D eigenvalue weighted by atomic mass is 10.00. The number of rotatable bonds is 8. The van der Waals surface area contributed by atoms with Crippen molar-refractivity contribution in [2.75, 3.05) is 14.2 Å². The molecule has 10 nitrogen and oxygen atoms in total. The molecular weight excluding hydrogens is 737 g/mol. The molecule has 0 fully saturated rings. The van der Waals surface area contributed by atoms with E-state index in [1.165, 1.54) is 23.9 Å². The highest BCUT2D eigenvalue weighted by molar-refractivity contribution is 7.99. The van der Waals surface area contributed by atoms with Crippen LogP contribution < -0.4 is 9.47 Å². The van der Waals surface area contributed by atoms with Crippen LogP contribution in [0.3, 0.4) is 0 Å². The largest absolute Gasteiger partial charge is 0.496 e. The minimum atomic E-state index is -0.0446. The van der Waals surface area contributed by atoms with Gasteiger partial charge in [0.1, 0.15) is 22.9 Å². The monoisotopic (exact) mass is 784 g/mol. The molecule has 0 saturated heterocycles. The summed E-state index contributed by atoms with van der Waals surface area (Å²) in [5.74, 6) is 2.85. The molecule has 2 aromatic heterocycles. The van der Waals surface area contributed by atoms with Crippen molar-refractivity contribution in [3.8, 4) is 23.6 Å². The Labute approximate surface area is 338 Å². The van der Waals surface area contributed by atoms with Crippen molar-refractivity contribution in [1.29, 1.82) is 10.5 Å². The maximum Gasteiger partial charge on any atom is 0.158 e. The number of imidazole rings is 2. The number of nitrogens with zero attached hydrogens (tertiary/aromatic N) is 6. The third kappa shape index (κ3) is 9.99. The van der Waals surface area contributed by atoms with Gasteiger partial charge in [-0.05, 0) is 164 Å². The molecule has 0 aliphatic heterocycles. The van der Waals surface area contributed by atoms with Crippen molar-refractivity contribution in [3.05, 3.63) is 117 Å². The minimum Gasteiger partial charge on any atom is -0.496 e. The van der Waals surface area contributed by atoms with Gasteiger partial charge in [-0.25, -0.2) is 18.8 Å². The van der Waals surface area contributed by atoms with Gasteiger partial charge in [-0.15, -0.1) is 0 Å². The van der Waals surface area contributed by atoms with E-state index in [0.29, 0.717) is 22.8 Å². The van der Waals surface area contributed by atoms with E-state index in [-0.39, 0.29) is 9.49 Å². The Hall–Kier alpha value is -5.56. The van der Waals surface area contributed by atoms with Gasteiger partial charge in [0.25, 0.3) is 0 Å².